The molecule has 0 radical (unpaired) electrons. The molecule has 0 atom stereocenters. The van der Waals surface area contributed by atoms with Crippen LogP contribution in [-0.4, -0.2) is 18.5 Å². The van der Waals surface area contributed by atoms with Crippen LogP contribution in [0.3, 0.4) is 0 Å². The number of hydrogen-bond acceptors (Lipinski definition) is 4. The first-order chi connectivity index (χ1) is 8.83. The van der Waals surface area contributed by atoms with Gasteiger partial charge in [0.1, 0.15) is 5.75 Å². The van der Waals surface area contributed by atoms with E-state index in [0.29, 0.717) is 0 Å². The molecule has 0 saturated heterocycles. The molecule has 0 unspecified atom stereocenters. The second-order valence-electron chi connectivity index (χ2n) is 3.69. The molecule has 0 bridgehead atoms. The summed E-state index contributed by atoms with van der Waals surface area (Å²) in [7, 11) is 1.63. The number of anilines is 2. The third kappa shape index (κ3) is 2.79. The summed E-state index contributed by atoms with van der Waals surface area (Å²) >= 11 is 0. The average Bonchev–Trinajstić information content (AvgIpc) is 2.42. The Balaban J connectivity index is 2.22. The molecule has 18 heavy (non-hydrogen) atoms. The zero-order chi connectivity index (χ0) is 12.8. The average molecular weight is 242 g/mol. The van der Waals surface area contributed by atoms with Crippen molar-refractivity contribution >= 4 is 17.6 Å². The molecule has 0 aromatic heterocycles. The fraction of sp³-hybridized carbons (Fsp3) is 0.0714. The molecule has 0 aliphatic carbocycles. The molecule has 2 aromatic rings. The normalized spacial score (nSPS) is 10.5. The standard InChI is InChI=1S/C14H14N2O2/c1-18-13-8-6-12(7-9-13)16-14-5-3-2-4-11(14)10-15-17/h2-10,16-17H,1H3/b15-10+. The maximum atomic E-state index is 8.60. The molecular formula is C14H14N2O2. The van der Waals surface area contributed by atoms with Gasteiger partial charge in [0.05, 0.1) is 13.3 Å². The number of hydrogen-bond donors (Lipinski definition) is 2. The van der Waals surface area contributed by atoms with Crippen molar-refractivity contribution in [2.75, 3.05) is 12.4 Å². The second kappa shape index (κ2) is 5.72. The molecular weight excluding hydrogens is 228 g/mol. The quantitative estimate of drug-likeness (QED) is 0.491. The first-order valence-electron chi connectivity index (χ1n) is 5.51. The van der Waals surface area contributed by atoms with Crippen LogP contribution < -0.4 is 10.1 Å². The molecule has 0 amide bonds. The minimum atomic E-state index is 0.811. The highest BCUT2D eigenvalue weighted by molar-refractivity contribution is 5.88. The summed E-state index contributed by atoms with van der Waals surface area (Å²) in [6.07, 6.45) is 1.39. The largest absolute Gasteiger partial charge is 0.497 e. The van der Waals surface area contributed by atoms with Crippen LogP contribution in [-0.2, 0) is 0 Å². The number of benzene rings is 2. The molecule has 92 valence electrons. The van der Waals surface area contributed by atoms with Crippen LogP contribution in [0, 0.1) is 0 Å². The van der Waals surface area contributed by atoms with Gasteiger partial charge < -0.3 is 15.3 Å². The summed E-state index contributed by atoms with van der Waals surface area (Å²) in [6, 6.07) is 15.2. The van der Waals surface area contributed by atoms with Gasteiger partial charge >= 0.3 is 0 Å². The zero-order valence-electron chi connectivity index (χ0n) is 10.00. The Labute approximate surface area is 106 Å². The van der Waals surface area contributed by atoms with Gasteiger partial charge in [0.15, 0.2) is 0 Å². The number of ether oxygens (including phenoxy) is 1. The molecule has 2 N–H and O–H groups in total. The van der Waals surface area contributed by atoms with Crippen LogP contribution in [0.25, 0.3) is 0 Å². The number of para-hydroxylation sites is 1. The van der Waals surface area contributed by atoms with Gasteiger partial charge in [-0.15, -0.1) is 0 Å². The molecule has 4 nitrogen and oxygen atoms in total. The number of nitrogens with zero attached hydrogens (tertiary/aromatic N) is 1. The Morgan fingerprint density at radius 3 is 2.50 bits per heavy atom. The monoisotopic (exact) mass is 242 g/mol. The zero-order valence-corrected chi connectivity index (χ0v) is 10.00. The van der Waals surface area contributed by atoms with Crippen molar-refractivity contribution in [3.8, 4) is 5.75 Å². The molecule has 0 fully saturated rings. The lowest BCUT2D eigenvalue weighted by Crippen LogP contribution is -1.95. The van der Waals surface area contributed by atoms with E-state index in [0.717, 1.165) is 22.7 Å². The Morgan fingerprint density at radius 2 is 1.83 bits per heavy atom. The summed E-state index contributed by atoms with van der Waals surface area (Å²) in [4.78, 5) is 0. The van der Waals surface area contributed by atoms with E-state index >= 15 is 0 Å². The van der Waals surface area contributed by atoms with Crippen molar-refractivity contribution in [2.24, 2.45) is 5.16 Å². The molecule has 0 heterocycles. The van der Waals surface area contributed by atoms with E-state index in [9.17, 15) is 0 Å². The molecule has 4 heteroatoms. The van der Waals surface area contributed by atoms with Gasteiger partial charge in [0.2, 0.25) is 0 Å². The highest BCUT2D eigenvalue weighted by atomic mass is 16.5. The van der Waals surface area contributed by atoms with E-state index in [1.165, 1.54) is 6.21 Å². The Bertz CT molecular complexity index is 536. The van der Waals surface area contributed by atoms with E-state index < -0.39 is 0 Å². The van der Waals surface area contributed by atoms with Crippen LogP contribution >= 0.6 is 0 Å². The molecule has 2 rings (SSSR count). The maximum Gasteiger partial charge on any atom is 0.119 e. The van der Waals surface area contributed by atoms with Crippen molar-refractivity contribution in [1.29, 1.82) is 0 Å². The van der Waals surface area contributed by atoms with E-state index in [2.05, 4.69) is 10.5 Å². The molecule has 2 aromatic carbocycles. The van der Waals surface area contributed by atoms with Gasteiger partial charge in [-0.25, -0.2) is 0 Å². The van der Waals surface area contributed by atoms with Crippen LogP contribution in [0.5, 0.6) is 5.75 Å². The third-order valence-corrected chi connectivity index (χ3v) is 2.53. The Kier molecular flexibility index (Phi) is 3.81. The van der Waals surface area contributed by atoms with Gasteiger partial charge in [-0.05, 0) is 30.3 Å². The first kappa shape index (κ1) is 12.0. The smallest absolute Gasteiger partial charge is 0.119 e. The Morgan fingerprint density at radius 1 is 1.11 bits per heavy atom. The van der Waals surface area contributed by atoms with Crippen LogP contribution in [0.15, 0.2) is 53.7 Å². The molecule has 0 aliphatic heterocycles. The topological polar surface area (TPSA) is 53.8 Å². The summed E-state index contributed by atoms with van der Waals surface area (Å²) in [6.45, 7) is 0. The maximum absolute atomic E-state index is 8.60. The lowest BCUT2D eigenvalue weighted by atomic mass is 10.2. The lowest BCUT2D eigenvalue weighted by molar-refractivity contribution is 0.322. The first-order valence-corrected chi connectivity index (χ1v) is 5.51. The summed E-state index contributed by atoms with van der Waals surface area (Å²) in [5.74, 6) is 0.811. The number of methoxy groups -OCH3 is 1. The number of nitrogens with one attached hydrogen (secondary N) is 1. The van der Waals surface area contributed by atoms with Crippen molar-refractivity contribution < 1.29 is 9.94 Å². The molecule has 0 spiro atoms. The second-order valence-corrected chi connectivity index (χ2v) is 3.69. The van der Waals surface area contributed by atoms with Crippen molar-refractivity contribution in [3.63, 3.8) is 0 Å². The van der Waals surface area contributed by atoms with Crippen molar-refractivity contribution in [2.45, 2.75) is 0 Å². The van der Waals surface area contributed by atoms with Crippen LogP contribution in [0.1, 0.15) is 5.56 Å². The summed E-state index contributed by atoms with van der Waals surface area (Å²) in [5, 5.41) is 14.9. The third-order valence-electron chi connectivity index (χ3n) is 2.53. The minimum Gasteiger partial charge on any atom is -0.497 e. The highest BCUT2D eigenvalue weighted by Gasteiger charge is 2.00. The van der Waals surface area contributed by atoms with Gasteiger partial charge in [0.25, 0.3) is 0 Å². The van der Waals surface area contributed by atoms with E-state index in [4.69, 9.17) is 9.94 Å². The van der Waals surface area contributed by atoms with Gasteiger partial charge in [0, 0.05) is 16.9 Å². The molecule has 0 aliphatic rings. The summed E-state index contributed by atoms with van der Waals surface area (Å²) in [5.41, 5.74) is 2.63. The number of oxime groups is 1. The summed E-state index contributed by atoms with van der Waals surface area (Å²) < 4.78 is 5.10. The van der Waals surface area contributed by atoms with Gasteiger partial charge in [-0.1, -0.05) is 23.4 Å². The van der Waals surface area contributed by atoms with Crippen LogP contribution in [0.2, 0.25) is 0 Å². The van der Waals surface area contributed by atoms with E-state index in [1.54, 1.807) is 7.11 Å². The van der Waals surface area contributed by atoms with Crippen molar-refractivity contribution in [1.82, 2.24) is 0 Å². The van der Waals surface area contributed by atoms with Crippen molar-refractivity contribution in [3.05, 3.63) is 54.1 Å². The minimum absolute atomic E-state index is 0.811. The van der Waals surface area contributed by atoms with E-state index in [1.807, 2.05) is 48.5 Å². The predicted octanol–water partition coefficient (Wildman–Crippen LogP) is 3.25. The molecule has 0 saturated carbocycles. The Hall–Kier alpha value is -2.49. The van der Waals surface area contributed by atoms with Gasteiger partial charge in [-0.2, -0.15) is 0 Å². The number of rotatable bonds is 4. The fourth-order valence-electron chi connectivity index (χ4n) is 1.62. The van der Waals surface area contributed by atoms with Crippen LogP contribution in [0.4, 0.5) is 11.4 Å². The fourth-order valence-corrected chi connectivity index (χ4v) is 1.62. The predicted molar refractivity (Wildman–Crippen MR) is 72.1 cm³/mol. The van der Waals surface area contributed by atoms with Gasteiger partial charge in [-0.3, -0.25) is 0 Å². The highest BCUT2D eigenvalue weighted by Crippen LogP contribution is 2.21. The SMILES string of the molecule is COc1ccc(Nc2ccccc2/C=N/O)cc1. The van der Waals surface area contributed by atoms with E-state index in [-0.39, 0.29) is 0 Å². The lowest BCUT2D eigenvalue weighted by Gasteiger charge is -2.09.